The third-order valence-corrected chi connectivity index (χ3v) is 3.58. The molecule has 1 heterocycles. The Morgan fingerprint density at radius 3 is 2.71 bits per heavy atom. The molecule has 2 atom stereocenters. The Bertz CT molecular complexity index is 497. The lowest BCUT2D eigenvalue weighted by molar-refractivity contribution is -0.140. The Morgan fingerprint density at radius 1 is 1.24 bits per heavy atom. The van der Waals surface area contributed by atoms with Gasteiger partial charge in [0.2, 0.25) is 5.91 Å². The van der Waals surface area contributed by atoms with Crippen molar-refractivity contribution in [3.05, 3.63) is 29.8 Å². The van der Waals surface area contributed by atoms with Gasteiger partial charge in [-0.2, -0.15) is 0 Å². The minimum Gasteiger partial charge on any atom is -0.481 e. The van der Waals surface area contributed by atoms with E-state index in [9.17, 15) is 9.59 Å². The second kappa shape index (κ2) is 3.58. The number of carboxylic acid groups (broad SMARTS) is 1. The van der Waals surface area contributed by atoms with Crippen LogP contribution in [0.2, 0.25) is 0 Å². The number of para-hydroxylation sites is 1. The molecule has 1 saturated carbocycles. The van der Waals surface area contributed by atoms with Crippen molar-refractivity contribution in [3.8, 4) is 0 Å². The number of hydrogen-bond acceptors (Lipinski definition) is 2. The summed E-state index contributed by atoms with van der Waals surface area (Å²) in [6, 6.07) is 7.82. The van der Waals surface area contributed by atoms with Crippen molar-refractivity contribution >= 4 is 17.6 Å². The van der Waals surface area contributed by atoms with Crippen LogP contribution in [-0.2, 0) is 16.0 Å². The van der Waals surface area contributed by atoms with Crippen molar-refractivity contribution in [2.24, 2.45) is 11.8 Å². The van der Waals surface area contributed by atoms with E-state index in [0.717, 1.165) is 12.1 Å². The van der Waals surface area contributed by atoms with Gasteiger partial charge in [0.25, 0.3) is 0 Å². The van der Waals surface area contributed by atoms with E-state index in [-0.39, 0.29) is 11.8 Å². The fraction of sp³-hybridized carbons (Fsp3) is 0.385. The molecule has 1 fully saturated rings. The van der Waals surface area contributed by atoms with Gasteiger partial charge in [0.05, 0.1) is 11.8 Å². The summed E-state index contributed by atoms with van der Waals surface area (Å²) < 4.78 is 0. The number of aliphatic carboxylic acids is 1. The van der Waals surface area contributed by atoms with Crippen LogP contribution in [-0.4, -0.2) is 23.5 Å². The highest BCUT2D eigenvalue weighted by Gasteiger charge is 2.50. The van der Waals surface area contributed by atoms with Crippen LogP contribution in [0.25, 0.3) is 0 Å². The number of benzene rings is 1. The standard InChI is InChI=1S/C13H13NO3/c15-12(9-7-10(9)13(16)17)14-6-5-8-3-1-2-4-11(8)14/h1-4,9-10H,5-7H2,(H,16,17)/t9-,10-/m0/s1. The molecule has 17 heavy (non-hydrogen) atoms. The molecular formula is C13H13NO3. The summed E-state index contributed by atoms with van der Waals surface area (Å²) in [6.45, 7) is 0.682. The highest BCUT2D eigenvalue weighted by Crippen LogP contribution is 2.42. The summed E-state index contributed by atoms with van der Waals surface area (Å²) in [5, 5.41) is 8.84. The Morgan fingerprint density at radius 2 is 2.00 bits per heavy atom. The number of amides is 1. The Kier molecular flexibility index (Phi) is 2.18. The summed E-state index contributed by atoms with van der Waals surface area (Å²) in [7, 11) is 0. The number of hydrogen-bond donors (Lipinski definition) is 1. The van der Waals surface area contributed by atoms with E-state index < -0.39 is 11.9 Å². The number of rotatable bonds is 2. The maximum absolute atomic E-state index is 12.1. The molecule has 0 radical (unpaired) electrons. The van der Waals surface area contributed by atoms with Gasteiger partial charge in [-0.1, -0.05) is 18.2 Å². The molecule has 1 aromatic rings. The van der Waals surface area contributed by atoms with Gasteiger partial charge in [0, 0.05) is 12.2 Å². The van der Waals surface area contributed by atoms with Gasteiger partial charge in [-0.05, 0) is 24.5 Å². The topological polar surface area (TPSA) is 57.6 Å². The van der Waals surface area contributed by atoms with E-state index in [1.165, 1.54) is 5.56 Å². The molecule has 1 aliphatic heterocycles. The van der Waals surface area contributed by atoms with Crippen LogP contribution in [0.15, 0.2) is 24.3 Å². The molecular weight excluding hydrogens is 218 g/mol. The lowest BCUT2D eigenvalue weighted by atomic mass is 10.2. The molecule has 0 spiro atoms. The molecule has 1 aromatic carbocycles. The Hall–Kier alpha value is -1.84. The highest BCUT2D eigenvalue weighted by molar-refractivity contribution is 6.01. The van der Waals surface area contributed by atoms with E-state index in [2.05, 4.69) is 0 Å². The third-order valence-electron chi connectivity index (χ3n) is 3.58. The normalized spacial score (nSPS) is 25.5. The SMILES string of the molecule is O=C(O)[C@H]1C[C@@H]1C(=O)N1CCc2ccccc21. The first kappa shape index (κ1) is 10.3. The molecule has 4 nitrogen and oxygen atoms in total. The Labute approximate surface area is 98.9 Å². The van der Waals surface area contributed by atoms with Crippen LogP contribution in [0, 0.1) is 11.8 Å². The number of fused-ring (bicyclic) bond motifs is 1. The molecule has 88 valence electrons. The second-order valence-electron chi connectivity index (χ2n) is 4.66. The van der Waals surface area contributed by atoms with E-state index in [1.807, 2.05) is 24.3 Å². The zero-order valence-corrected chi connectivity index (χ0v) is 9.30. The molecule has 2 aliphatic rings. The second-order valence-corrected chi connectivity index (χ2v) is 4.66. The van der Waals surface area contributed by atoms with Crippen LogP contribution in [0.5, 0.6) is 0 Å². The van der Waals surface area contributed by atoms with Crippen LogP contribution >= 0.6 is 0 Å². The quantitative estimate of drug-likeness (QED) is 0.834. The molecule has 0 bridgehead atoms. The molecule has 1 amide bonds. The molecule has 0 unspecified atom stereocenters. The average Bonchev–Trinajstić information content (AvgIpc) is 3.02. The monoisotopic (exact) mass is 231 g/mol. The highest BCUT2D eigenvalue weighted by atomic mass is 16.4. The minimum absolute atomic E-state index is 0.0256. The molecule has 0 aromatic heterocycles. The number of carboxylic acids is 1. The molecule has 3 rings (SSSR count). The summed E-state index contributed by atoms with van der Waals surface area (Å²) in [4.78, 5) is 24.7. The maximum Gasteiger partial charge on any atom is 0.307 e. The van der Waals surface area contributed by atoms with Crippen LogP contribution in [0.1, 0.15) is 12.0 Å². The molecule has 0 saturated heterocycles. The fourth-order valence-corrected chi connectivity index (χ4v) is 2.51. The van der Waals surface area contributed by atoms with Crippen LogP contribution in [0.3, 0.4) is 0 Å². The smallest absolute Gasteiger partial charge is 0.307 e. The van der Waals surface area contributed by atoms with Crippen molar-refractivity contribution in [2.45, 2.75) is 12.8 Å². The van der Waals surface area contributed by atoms with Gasteiger partial charge in [-0.15, -0.1) is 0 Å². The number of carbonyl (C=O) groups excluding carboxylic acids is 1. The van der Waals surface area contributed by atoms with Gasteiger partial charge >= 0.3 is 5.97 Å². The largest absolute Gasteiger partial charge is 0.481 e. The van der Waals surface area contributed by atoms with E-state index >= 15 is 0 Å². The zero-order valence-electron chi connectivity index (χ0n) is 9.30. The van der Waals surface area contributed by atoms with Gasteiger partial charge in [0.15, 0.2) is 0 Å². The lowest BCUT2D eigenvalue weighted by Crippen LogP contribution is -2.31. The van der Waals surface area contributed by atoms with Gasteiger partial charge in [-0.25, -0.2) is 0 Å². The first-order chi connectivity index (χ1) is 8.18. The van der Waals surface area contributed by atoms with Gasteiger partial charge in [-0.3, -0.25) is 9.59 Å². The first-order valence-corrected chi connectivity index (χ1v) is 5.80. The first-order valence-electron chi connectivity index (χ1n) is 5.80. The van der Waals surface area contributed by atoms with E-state index in [4.69, 9.17) is 5.11 Å². The summed E-state index contributed by atoms with van der Waals surface area (Å²) in [6.07, 6.45) is 1.36. The third kappa shape index (κ3) is 1.60. The minimum atomic E-state index is -0.851. The van der Waals surface area contributed by atoms with E-state index in [1.54, 1.807) is 4.90 Å². The predicted molar refractivity (Wildman–Crippen MR) is 61.7 cm³/mol. The lowest BCUT2D eigenvalue weighted by Gasteiger charge is -2.16. The van der Waals surface area contributed by atoms with Crippen molar-refractivity contribution < 1.29 is 14.7 Å². The summed E-state index contributed by atoms with van der Waals surface area (Å²) in [5.41, 5.74) is 2.13. The van der Waals surface area contributed by atoms with Crippen molar-refractivity contribution in [2.75, 3.05) is 11.4 Å². The Balaban J connectivity index is 1.79. The summed E-state index contributed by atoms with van der Waals surface area (Å²) >= 11 is 0. The average molecular weight is 231 g/mol. The van der Waals surface area contributed by atoms with Crippen molar-refractivity contribution in [1.29, 1.82) is 0 Å². The molecule has 1 N–H and O–H groups in total. The summed E-state index contributed by atoms with van der Waals surface area (Å²) in [5.74, 6) is -1.65. The fourth-order valence-electron chi connectivity index (χ4n) is 2.51. The maximum atomic E-state index is 12.1. The van der Waals surface area contributed by atoms with Crippen LogP contribution in [0.4, 0.5) is 5.69 Å². The van der Waals surface area contributed by atoms with Gasteiger partial charge in [0.1, 0.15) is 0 Å². The predicted octanol–water partition coefficient (Wildman–Crippen LogP) is 1.30. The van der Waals surface area contributed by atoms with Crippen molar-refractivity contribution in [3.63, 3.8) is 0 Å². The zero-order chi connectivity index (χ0) is 12.0. The number of nitrogens with zero attached hydrogens (tertiary/aromatic N) is 1. The van der Waals surface area contributed by atoms with E-state index in [0.29, 0.717) is 13.0 Å². The van der Waals surface area contributed by atoms with Crippen molar-refractivity contribution in [1.82, 2.24) is 0 Å². The van der Waals surface area contributed by atoms with Crippen LogP contribution < -0.4 is 4.90 Å². The molecule has 1 aliphatic carbocycles. The van der Waals surface area contributed by atoms with Gasteiger partial charge < -0.3 is 10.0 Å². The number of carbonyl (C=O) groups is 2. The number of anilines is 1. The molecule has 4 heteroatoms.